The molecule has 1 fully saturated rings. The maximum absolute atomic E-state index is 6.09. The van der Waals surface area contributed by atoms with Gasteiger partial charge in [0.25, 0.3) is 5.88 Å². The van der Waals surface area contributed by atoms with Gasteiger partial charge in [0.15, 0.2) is 5.82 Å². The summed E-state index contributed by atoms with van der Waals surface area (Å²) in [6, 6.07) is 0.343. The van der Waals surface area contributed by atoms with Crippen LogP contribution in [-0.2, 0) is 9.31 Å². The fourth-order valence-electron chi connectivity index (χ4n) is 2.62. The number of nitrogens with one attached hydrogen (secondary N) is 1. The van der Waals surface area contributed by atoms with Gasteiger partial charge in [0.2, 0.25) is 0 Å². The van der Waals surface area contributed by atoms with Crippen molar-refractivity contribution in [1.29, 1.82) is 0 Å². The van der Waals surface area contributed by atoms with Crippen LogP contribution in [0.2, 0.25) is 0 Å². The molecule has 24 heavy (non-hydrogen) atoms. The van der Waals surface area contributed by atoms with Crippen LogP contribution in [0.25, 0.3) is 0 Å². The highest BCUT2D eigenvalue weighted by atomic mass is 16.7. The van der Waals surface area contributed by atoms with Crippen LogP contribution in [0.15, 0.2) is 0 Å². The van der Waals surface area contributed by atoms with Crippen LogP contribution < -0.4 is 15.6 Å². The minimum Gasteiger partial charge on any atom is -0.478 e. The predicted octanol–water partition coefficient (Wildman–Crippen LogP) is 2.69. The minimum atomic E-state index is -0.543. The first-order valence-electron chi connectivity index (χ1n) is 8.69. The summed E-state index contributed by atoms with van der Waals surface area (Å²) in [6.45, 7) is 14.3. The first kappa shape index (κ1) is 19.0. The quantitative estimate of drug-likeness (QED) is 0.807. The summed E-state index contributed by atoms with van der Waals surface area (Å²) in [5.74, 6) is 1.14. The Hall–Kier alpha value is -1.34. The lowest BCUT2D eigenvalue weighted by Crippen LogP contribution is -2.41. The molecule has 0 spiro atoms. The number of hydrogen-bond donors (Lipinski definition) is 1. The minimum absolute atomic E-state index is 0.343. The number of methoxy groups -OCH3 is 1. The first-order chi connectivity index (χ1) is 11.1. The molecule has 0 aromatic carbocycles. The molecule has 1 aromatic heterocycles. The summed E-state index contributed by atoms with van der Waals surface area (Å²) in [6.07, 6.45) is 2.03. The third-order valence-electron chi connectivity index (χ3n) is 5.07. The summed E-state index contributed by atoms with van der Waals surface area (Å²) in [7, 11) is 1.06. The normalized spacial score (nSPS) is 19.0. The molecule has 0 amide bonds. The topological polar surface area (TPSA) is 65.5 Å². The van der Waals surface area contributed by atoms with Crippen molar-refractivity contribution in [3.05, 3.63) is 5.69 Å². The number of hydrogen-bond acceptors (Lipinski definition) is 6. The second-order valence-electron chi connectivity index (χ2n) is 7.30. The van der Waals surface area contributed by atoms with Gasteiger partial charge in [-0.1, -0.05) is 13.8 Å². The fourth-order valence-corrected chi connectivity index (χ4v) is 2.62. The lowest BCUT2D eigenvalue weighted by atomic mass is 9.83. The van der Waals surface area contributed by atoms with Crippen LogP contribution in [0.4, 0.5) is 5.82 Å². The molecule has 1 aromatic rings. The van der Waals surface area contributed by atoms with Gasteiger partial charge in [0.05, 0.1) is 29.6 Å². The van der Waals surface area contributed by atoms with Gasteiger partial charge in [-0.05, 0) is 47.5 Å². The lowest BCUT2D eigenvalue weighted by Gasteiger charge is -2.32. The van der Waals surface area contributed by atoms with Crippen molar-refractivity contribution in [2.45, 2.75) is 78.6 Å². The van der Waals surface area contributed by atoms with Gasteiger partial charge in [-0.25, -0.2) is 9.97 Å². The van der Waals surface area contributed by atoms with Gasteiger partial charge in [-0.2, -0.15) is 0 Å². The number of rotatable bonds is 6. The molecule has 0 radical (unpaired) electrons. The number of aromatic nitrogens is 2. The zero-order valence-electron chi connectivity index (χ0n) is 16.2. The molecule has 2 rings (SSSR count). The average Bonchev–Trinajstić information content (AvgIpc) is 2.72. The summed E-state index contributed by atoms with van der Waals surface area (Å²) in [5.41, 5.74) is 0.625. The molecule has 6 nitrogen and oxygen atoms in total. The molecule has 1 saturated heterocycles. The highest BCUT2D eigenvalue weighted by Crippen LogP contribution is 2.36. The third-order valence-corrected chi connectivity index (χ3v) is 5.07. The Balaban J connectivity index is 2.34. The Labute approximate surface area is 145 Å². The van der Waals surface area contributed by atoms with E-state index >= 15 is 0 Å². The van der Waals surface area contributed by atoms with E-state index in [1.807, 2.05) is 34.6 Å². The van der Waals surface area contributed by atoms with Gasteiger partial charge in [-0.15, -0.1) is 0 Å². The molecule has 0 bridgehead atoms. The number of ether oxygens (including phenoxy) is 1. The van der Waals surface area contributed by atoms with E-state index in [4.69, 9.17) is 14.0 Å². The molecule has 1 aliphatic heterocycles. The van der Waals surface area contributed by atoms with Crippen molar-refractivity contribution in [2.24, 2.45) is 0 Å². The molecule has 1 aliphatic rings. The van der Waals surface area contributed by atoms with E-state index < -0.39 is 18.3 Å². The van der Waals surface area contributed by atoms with Crippen molar-refractivity contribution >= 4 is 18.5 Å². The largest absolute Gasteiger partial charge is 0.516 e. The zero-order chi connectivity index (χ0) is 18.1. The van der Waals surface area contributed by atoms with Crippen LogP contribution in [0.5, 0.6) is 5.88 Å². The highest BCUT2D eigenvalue weighted by molar-refractivity contribution is 6.61. The van der Waals surface area contributed by atoms with Crippen LogP contribution in [0.3, 0.4) is 0 Å². The van der Waals surface area contributed by atoms with E-state index in [2.05, 4.69) is 29.1 Å². The molecule has 0 atom stereocenters. The fraction of sp³-hybridized carbons (Fsp3) is 0.765. The van der Waals surface area contributed by atoms with Crippen LogP contribution in [0, 0.1) is 6.92 Å². The van der Waals surface area contributed by atoms with E-state index in [1.54, 1.807) is 7.11 Å². The summed E-state index contributed by atoms with van der Waals surface area (Å²) < 4.78 is 17.6. The monoisotopic (exact) mass is 335 g/mol. The van der Waals surface area contributed by atoms with Crippen molar-refractivity contribution < 1.29 is 14.0 Å². The second kappa shape index (κ2) is 6.88. The summed E-state index contributed by atoms with van der Waals surface area (Å²) in [4.78, 5) is 9.29. The molecule has 1 N–H and O–H groups in total. The number of anilines is 1. The predicted molar refractivity (Wildman–Crippen MR) is 97.0 cm³/mol. The van der Waals surface area contributed by atoms with Gasteiger partial charge in [0, 0.05) is 6.04 Å². The Morgan fingerprint density at radius 2 is 1.62 bits per heavy atom. The lowest BCUT2D eigenvalue weighted by molar-refractivity contribution is 0.00578. The van der Waals surface area contributed by atoms with E-state index in [0.29, 0.717) is 23.3 Å². The Bertz CT molecular complexity index is 573. The van der Waals surface area contributed by atoms with Crippen molar-refractivity contribution in [3.8, 4) is 5.88 Å². The van der Waals surface area contributed by atoms with E-state index in [9.17, 15) is 0 Å². The maximum atomic E-state index is 6.09. The smallest absolute Gasteiger partial charge is 0.478 e. The third kappa shape index (κ3) is 3.52. The van der Waals surface area contributed by atoms with Gasteiger partial charge in [-0.3, -0.25) is 0 Å². The second-order valence-corrected chi connectivity index (χ2v) is 7.30. The summed E-state index contributed by atoms with van der Waals surface area (Å²) in [5, 5.41) is 3.41. The van der Waals surface area contributed by atoms with Gasteiger partial charge >= 0.3 is 7.12 Å². The molecule has 2 heterocycles. The highest BCUT2D eigenvalue weighted by Gasteiger charge is 2.53. The van der Waals surface area contributed by atoms with Crippen molar-refractivity contribution in [1.82, 2.24) is 9.97 Å². The first-order valence-corrected chi connectivity index (χ1v) is 8.69. The average molecular weight is 335 g/mol. The molecule has 0 aliphatic carbocycles. The van der Waals surface area contributed by atoms with E-state index in [0.717, 1.165) is 18.5 Å². The van der Waals surface area contributed by atoms with Gasteiger partial charge < -0.3 is 19.4 Å². The van der Waals surface area contributed by atoms with Crippen molar-refractivity contribution in [3.63, 3.8) is 0 Å². The molecule has 0 saturated carbocycles. The molecule has 134 valence electrons. The van der Waals surface area contributed by atoms with Crippen LogP contribution in [0.1, 0.15) is 60.1 Å². The van der Waals surface area contributed by atoms with E-state index in [1.165, 1.54) is 0 Å². The number of nitrogens with zero attached hydrogens (tertiary/aromatic N) is 2. The molecule has 0 unspecified atom stereocenters. The Morgan fingerprint density at radius 1 is 1.08 bits per heavy atom. The zero-order valence-corrected chi connectivity index (χ0v) is 16.2. The molecule has 7 heteroatoms. The van der Waals surface area contributed by atoms with Crippen LogP contribution >= 0.6 is 0 Å². The molecular formula is C17H30BN3O3. The van der Waals surface area contributed by atoms with E-state index in [-0.39, 0.29) is 0 Å². The van der Waals surface area contributed by atoms with Crippen LogP contribution in [-0.4, -0.2) is 41.4 Å². The maximum Gasteiger partial charge on any atom is 0.516 e. The summed E-state index contributed by atoms with van der Waals surface area (Å²) >= 11 is 0. The number of aryl methyl sites for hydroxylation is 1. The van der Waals surface area contributed by atoms with Crippen molar-refractivity contribution in [2.75, 3.05) is 12.4 Å². The Kier molecular flexibility index (Phi) is 5.45. The molecular weight excluding hydrogens is 305 g/mol. The van der Waals surface area contributed by atoms with Gasteiger partial charge in [0.1, 0.15) is 0 Å². The Morgan fingerprint density at radius 3 is 2.08 bits per heavy atom. The SMILES string of the molecule is CCC(CC)Nc1nc(C)c(B2OC(C)(C)C(C)(C)O2)nc1OC. The standard InChI is InChI=1S/C17H30BN3O3/c1-9-12(10-2)20-14-15(22-8)21-13(11(3)19-14)18-23-16(4,5)17(6,7)24-18/h12H,9-10H2,1-8H3,(H,19,20).